The normalized spacial score (nSPS) is 20.8. The van der Waals surface area contributed by atoms with Gasteiger partial charge in [0.25, 0.3) is 0 Å². The summed E-state index contributed by atoms with van der Waals surface area (Å²) in [6, 6.07) is 2.60. The lowest BCUT2D eigenvalue weighted by Gasteiger charge is -2.29. The molecule has 20 heavy (non-hydrogen) atoms. The zero-order valence-corrected chi connectivity index (χ0v) is 11.9. The monoisotopic (exact) mass is 277 g/mol. The van der Waals surface area contributed by atoms with E-state index in [-0.39, 0.29) is 11.8 Å². The average molecular weight is 277 g/mol. The van der Waals surface area contributed by atoms with Crippen LogP contribution in [-0.2, 0) is 9.59 Å². The first-order valence-corrected chi connectivity index (χ1v) is 7.65. The molecule has 5 nitrogen and oxygen atoms in total. The van der Waals surface area contributed by atoms with Crippen LogP contribution in [0.3, 0.4) is 0 Å². The minimum Gasteiger partial charge on any atom is -0.355 e. The van der Waals surface area contributed by atoms with E-state index < -0.39 is 5.41 Å². The van der Waals surface area contributed by atoms with Gasteiger partial charge in [0, 0.05) is 19.0 Å². The molecule has 0 unspecified atom stereocenters. The van der Waals surface area contributed by atoms with Crippen LogP contribution >= 0.6 is 0 Å². The molecule has 0 aromatic heterocycles. The van der Waals surface area contributed by atoms with Gasteiger partial charge < -0.3 is 10.6 Å². The van der Waals surface area contributed by atoms with E-state index in [0.717, 1.165) is 32.1 Å². The van der Waals surface area contributed by atoms with Gasteiger partial charge in [0.15, 0.2) is 0 Å². The van der Waals surface area contributed by atoms with E-state index in [1.807, 2.05) is 0 Å². The highest BCUT2D eigenvalue weighted by Gasteiger charge is 2.39. The van der Waals surface area contributed by atoms with Crippen LogP contribution in [0.25, 0.3) is 0 Å². The molecule has 2 aliphatic rings. The van der Waals surface area contributed by atoms with Crippen LogP contribution in [0.4, 0.5) is 0 Å². The minimum atomic E-state index is -0.825. The molecular weight excluding hydrogens is 254 g/mol. The van der Waals surface area contributed by atoms with Crippen molar-refractivity contribution in [2.24, 2.45) is 5.41 Å². The second-order valence-electron chi connectivity index (χ2n) is 5.96. The Kier molecular flexibility index (Phi) is 4.99. The van der Waals surface area contributed by atoms with Crippen molar-refractivity contribution in [3.8, 4) is 6.07 Å². The van der Waals surface area contributed by atoms with Crippen LogP contribution in [0.5, 0.6) is 0 Å². The predicted octanol–water partition coefficient (Wildman–Crippen LogP) is 1.64. The summed E-state index contributed by atoms with van der Waals surface area (Å²) >= 11 is 0. The van der Waals surface area contributed by atoms with E-state index in [0.29, 0.717) is 38.3 Å². The Morgan fingerprint density at radius 3 is 2.50 bits per heavy atom. The summed E-state index contributed by atoms with van der Waals surface area (Å²) < 4.78 is 0. The van der Waals surface area contributed by atoms with Gasteiger partial charge in [-0.15, -0.1) is 0 Å². The van der Waals surface area contributed by atoms with Crippen LogP contribution in [0.2, 0.25) is 0 Å². The third-order valence-electron chi connectivity index (χ3n) is 4.16. The van der Waals surface area contributed by atoms with E-state index >= 15 is 0 Å². The highest BCUT2D eigenvalue weighted by atomic mass is 16.2. The van der Waals surface area contributed by atoms with Gasteiger partial charge >= 0.3 is 0 Å². The van der Waals surface area contributed by atoms with E-state index in [9.17, 15) is 14.9 Å². The fourth-order valence-corrected chi connectivity index (χ4v) is 2.69. The smallest absolute Gasteiger partial charge is 0.240 e. The third kappa shape index (κ3) is 3.96. The Hall–Kier alpha value is -1.57. The lowest BCUT2D eigenvalue weighted by atomic mass is 9.74. The summed E-state index contributed by atoms with van der Waals surface area (Å²) in [5.41, 5.74) is -0.825. The molecule has 0 atom stereocenters. The highest BCUT2D eigenvalue weighted by Crippen LogP contribution is 2.35. The van der Waals surface area contributed by atoms with Crippen molar-refractivity contribution in [1.29, 1.82) is 5.26 Å². The third-order valence-corrected chi connectivity index (χ3v) is 4.16. The second kappa shape index (κ2) is 6.74. The molecule has 0 radical (unpaired) electrons. The number of nitrogens with one attached hydrogen (secondary N) is 2. The molecule has 0 heterocycles. The predicted molar refractivity (Wildman–Crippen MR) is 74.5 cm³/mol. The van der Waals surface area contributed by atoms with Crippen LogP contribution in [0, 0.1) is 16.7 Å². The second-order valence-corrected chi connectivity index (χ2v) is 5.96. The number of hydrogen-bond donors (Lipinski definition) is 2. The molecule has 2 aliphatic carbocycles. The van der Waals surface area contributed by atoms with E-state index in [2.05, 4.69) is 16.7 Å². The maximum absolute atomic E-state index is 12.1. The topological polar surface area (TPSA) is 82.0 Å². The fraction of sp³-hybridized carbons (Fsp3) is 0.800. The summed E-state index contributed by atoms with van der Waals surface area (Å²) in [6.07, 6.45) is 7.59. The van der Waals surface area contributed by atoms with Crippen LogP contribution in [0.15, 0.2) is 0 Å². The first kappa shape index (κ1) is 14.8. The Morgan fingerprint density at radius 1 is 1.20 bits per heavy atom. The molecule has 2 rings (SSSR count). The quantitative estimate of drug-likeness (QED) is 0.724. The molecule has 2 amide bonds. The number of rotatable bonds is 6. The Balaban J connectivity index is 1.66. The first-order valence-electron chi connectivity index (χ1n) is 7.65. The first-order chi connectivity index (χ1) is 9.66. The molecule has 0 aromatic rings. The van der Waals surface area contributed by atoms with Gasteiger partial charge in [-0.3, -0.25) is 9.59 Å². The zero-order valence-electron chi connectivity index (χ0n) is 11.9. The molecule has 0 bridgehead atoms. The van der Waals surface area contributed by atoms with Crippen molar-refractivity contribution in [2.45, 2.75) is 63.8 Å². The molecule has 0 saturated heterocycles. The van der Waals surface area contributed by atoms with Crippen molar-refractivity contribution in [3.63, 3.8) is 0 Å². The molecular formula is C15H23N3O2. The minimum absolute atomic E-state index is 0.0643. The van der Waals surface area contributed by atoms with Crippen LogP contribution < -0.4 is 10.6 Å². The molecule has 0 aromatic carbocycles. The SMILES string of the molecule is N#CC1(C(=O)NCCCC(=O)NC2CC2)CCCCC1. The van der Waals surface area contributed by atoms with Gasteiger partial charge in [0.1, 0.15) is 5.41 Å². The Bertz CT molecular complexity index is 404. The van der Waals surface area contributed by atoms with Gasteiger partial charge in [-0.05, 0) is 32.1 Å². The molecule has 2 fully saturated rings. The lowest BCUT2D eigenvalue weighted by molar-refractivity contribution is -0.129. The summed E-state index contributed by atoms with van der Waals surface area (Å²) in [6.45, 7) is 0.473. The molecule has 5 heteroatoms. The average Bonchev–Trinajstić information content (AvgIpc) is 3.28. The number of carbonyl (C=O) groups excluding carboxylic acids is 2. The number of amides is 2. The van der Waals surface area contributed by atoms with Crippen molar-refractivity contribution in [2.75, 3.05) is 6.54 Å². The fourth-order valence-electron chi connectivity index (χ4n) is 2.69. The van der Waals surface area contributed by atoms with E-state index in [1.54, 1.807) is 0 Å². The number of nitrogens with zero attached hydrogens (tertiary/aromatic N) is 1. The van der Waals surface area contributed by atoms with Crippen molar-refractivity contribution in [3.05, 3.63) is 0 Å². The maximum Gasteiger partial charge on any atom is 0.240 e. The van der Waals surface area contributed by atoms with Crippen LogP contribution in [0.1, 0.15) is 57.8 Å². The Morgan fingerprint density at radius 2 is 1.90 bits per heavy atom. The van der Waals surface area contributed by atoms with Gasteiger partial charge in [-0.2, -0.15) is 5.26 Å². The standard InChI is InChI=1S/C15H23N3O2/c16-11-15(8-2-1-3-9-15)14(20)17-10-4-5-13(19)18-12-6-7-12/h12H,1-10H2,(H,17,20)(H,18,19). The molecule has 0 aliphatic heterocycles. The van der Waals surface area contributed by atoms with Gasteiger partial charge in [0.2, 0.25) is 11.8 Å². The van der Waals surface area contributed by atoms with Crippen molar-refractivity contribution >= 4 is 11.8 Å². The largest absolute Gasteiger partial charge is 0.355 e. The van der Waals surface area contributed by atoms with Gasteiger partial charge in [-0.25, -0.2) is 0 Å². The van der Waals surface area contributed by atoms with Crippen LogP contribution in [-0.4, -0.2) is 24.4 Å². The van der Waals surface area contributed by atoms with Gasteiger partial charge in [-0.1, -0.05) is 19.3 Å². The summed E-state index contributed by atoms with van der Waals surface area (Å²) in [5, 5.41) is 15.0. The molecule has 2 N–H and O–H groups in total. The Labute approximate surface area is 120 Å². The lowest BCUT2D eigenvalue weighted by Crippen LogP contribution is -2.42. The van der Waals surface area contributed by atoms with Crippen molar-refractivity contribution < 1.29 is 9.59 Å². The number of hydrogen-bond acceptors (Lipinski definition) is 3. The van der Waals surface area contributed by atoms with Crippen molar-refractivity contribution in [1.82, 2.24) is 10.6 Å². The summed E-state index contributed by atoms with van der Waals surface area (Å²) in [4.78, 5) is 23.6. The zero-order chi connectivity index (χ0) is 14.4. The number of carbonyl (C=O) groups is 2. The molecule has 2 saturated carbocycles. The van der Waals surface area contributed by atoms with E-state index in [1.165, 1.54) is 0 Å². The molecule has 0 spiro atoms. The summed E-state index contributed by atoms with van der Waals surface area (Å²) in [7, 11) is 0. The summed E-state index contributed by atoms with van der Waals surface area (Å²) in [5.74, 6) is -0.0864. The molecule has 110 valence electrons. The maximum atomic E-state index is 12.1. The van der Waals surface area contributed by atoms with Gasteiger partial charge in [0.05, 0.1) is 6.07 Å². The van der Waals surface area contributed by atoms with E-state index in [4.69, 9.17) is 0 Å². The highest BCUT2D eigenvalue weighted by molar-refractivity contribution is 5.85. The number of nitriles is 1.